The van der Waals surface area contributed by atoms with Gasteiger partial charge in [-0.05, 0) is 41.3 Å². The monoisotopic (exact) mass is 376 g/mol. The maximum Gasteiger partial charge on any atom is 0.294 e. The summed E-state index contributed by atoms with van der Waals surface area (Å²) in [5.41, 5.74) is 1.25. The maximum absolute atomic E-state index is 11.3. The minimum atomic E-state index is -4.14. The Morgan fingerprint density at radius 1 is 0.808 bits per heavy atom. The molecule has 144 valence electrons. The van der Waals surface area contributed by atoms with E-state index in [1.54, 1.807) is 6.07 Å². The van der Waals surface area contributed by atoms with Crippen LogP contribution in [0.25, 0.3) is 10.8 Å². The van der Waals surface area contributed by atoms with Crippen LogP contribution in [0.2, 0.25) is 0 Å². The molecule has 2 rings (SSSR count). The number of hydrogen-bond donors (Lipinski definition) is 1. The van der Waals surface area contributed by atoms with Crippen LogP contribution in [-0.4, -0.2) is 13.0 Å². The predicted octanol–water partition coefficient (Wildman–Crippen LogP) is 6.55. The first-order chi connectivity index (χ1) is 12.5. The largest absolute Gasteiger partial charge is 0.294 e. The molecule has 0 atom stereocenters. The van der Waals surface area contributed by atoms with Crippen molar-refractivity contribution in [2.75, 3.05) is 0 Å². The van der Waals surface area contributed by atoms with Crippen LogP contribution in [0.3, 0.4) is 0 Å². The number of fused-ring (bicyclic) bond motifs is 1. The average molecular weight is 377 g/mol. The summed E-state index contributed by atoms with van der Waals surface area (Å²) < 4.78 is 31.8. The molecule has 0 spiro atoms. The summed E-state index contributed by atoms with van der Waals surface area (Å²) in [6.45, 7) is 2.25. The highest BCUT2D eigenvalue weighted by Crippen LogP contribution is 2.24. The van der Waals surface area contributed by atoms with Gasteiger partial charge in [-0.2, -0.15) is 8.42 Å². The molecule has 0 bridgehead atoms. The molecule has 0 radical (unpaired) electrons. The fraction of sp³-hybridized carbons (Fsp3) is 0.545. The Bertz CT molecular complexity index is 781. The number of benzene rings is 2. The van der Waals surface area contributed by atoms with Crippen LogP contribution in [0.1, 0.15) is 76.7 Å². The Balaban J connectivity index is 1.77. The van der Waals surface area contributed by atoms with Crippen molar-refractivity contribution in [1.29, 1.82) is 0 Å². The lowest BCUT2D eigenvalue weighted by Crippen LogP contribution is -1.98. The standard InChI is InChI=1S/C22H32O3S/c1-2-3-4-5-6-7-8-9-10-11-13-19-14-12-15-20-18-21(26(23,24)25)16-17-22(19)20/h12,14-18H,2-11,13H2,1H3,(H,23,24,25). The summed E-state index contributed by atoms with van der Waals surface area (Å²) in [5.74, 6) is 0. The number of unbranched alkanes of at least 4 members (excludes halogenated alkanes) is 9. The maximum atomic E-state index is 11.3. The van der Waals surface area contributed by atoms with Crippen LogP contribution in [-0.2, 0) is 16.5 Å². The van der Waals surface area contributed by atoms with Crippen LogP contribution in [0.15, 0.2) is 41.3 Å². The fourth-order valence-corrected chi connectivity index (χ4v) is 4.03. The predicted molar refractivity (Wildman–Crippen MR) is 109 cm³/mol. The van der Waals surface area contributed by atoms with Gasteiger partial charge < -0.3 is 0 Å². The Morgan fingerprint density at radius 3 is 2.04 bits per heavy atom. The summed E-state index contributed by atoms with van der Waals surface area (Å²) in [6, 6.07) is 10.8. The molecule has 1 N–H and O–H groups in total. The van der Waals surface area contributed by atoms with Gasteiger partial charge >= 0.3 is 0 Å². The molecule has 0 unspecified atom stereocenters. The molecule has 0 saturated heterocycles. The summed E-state index contributed by atoms with van der Waals surface area (Å²) in [5, 5.41) is 1.94. The molecule has 0 aromatic heterocycles. The molecule has 26 heavy (non-hydrogen) atoms. The van der Waals surface area contributed by atoms with Crippen molar-refractivity contribution in [2.45, 2.75) is 82.4 Å². The van der Waals surface area contributed by atoms with E-state index in [0.29, 0.717) is 0 Å². The van der Waals surface area contributed by atoms with Crippen LogP contribution in [0.4, 0.5) is 0 Å². The van der Waals surface area contributed by atoms with E-state index in [4.69, 9.17) is 0 Å². The first-order valence-electron chi connectivity index (χ1n) is 10.0. The summed E-state index contributed by atoms with van der Waals surface area (Å²) in [6.07, 6.45) is 14.2. The van der Waals surface area contributed by atoms with E-state index in [2.05, 4.69) is 13.0 Å². The molecule has 0 aliphatic carbocycles. The van der Waals surface area contributed by atoms with E-state index in [9.17, 15) is 13.0 Å². The van der Waals surface area contributed by atoms with Gasteiger partial charge in [0.1, 0.15) is 0 Å². The lowest BCUT2D eigenvalue weighted by molar-refractivity contribution is 0.483. The Labute approximate surface area is 158 Å². The number of rotatable bonds is 12. The van der Waals surface area contributed by atoms with Gasteiger partial charge in [0.25, 0.3) is 10.1 Å². The molecule has 0 aliphatic heterocycles. The van der Waals surface area contributed by atoms with E-state index in [0.717, 1.165) is 23.6 Å². The zero-order valence-electron chi connectivity index (χ0n) is 15.9. The molecule has 0 heterocycles. The highest BCUT2D eigenvalue weighted by atomic mass is 32.2. The van der Waals surface area contributed by atoms with Gasteiger partial charge in [-0.3, -0.25) is 4.55 Å². The van der Waals surface area contributed by atoms with Crippen molar-refractivity contribution in [3.8, 4) is 0 Å². The smallest absolute Gasteiger partial charge is 0.282 e. The van der Waals surface area contributed by atoms with E-state index < -0.39 is 10.1 Å². The summed E-state index contributed by atoms with van der Waals surface area (Å²) >= 11 is 0. The molecule has 2 aromatic carbocycles. The summed E-state index contributed by atoms with van der Waals surface area (Å²) in [7, 11) is -4.14. The molecule has 4 heteroatoms. The van der Waals surface area contributed by atoms with Gasteiger partial charge in [-0.15, -0.1) is 0 Å². The van der Waals surface area contributed by atoms with E-state index >= 15 is 0 Å². The van der Waals surface area contributed by atoms with Crippen molar-refractivity contribution in [3.05, 3.63) is 42.0 Å². The van der Waals surface area contributed by atoms with Gasteiger partial charge in [0.2, 0.25) is 0 Å². The number of hydrogen-bond acceptors (Lipinski definition) is 2. The normalized spacial score (nSPS) is 11.9. The molecule has 2 aromatic rings. The molecular formula is C22H32O3S. The first-order valence-corrected chi connectivity index (χ1v) is 11.5. The van der Waals surface area contributed by atoms with Gasteiger partial charge in [0, 0.05) is 0 Å². The van der Waals surface area contributed by atoms with Crippen LogP contribution < -0.4 is 0 Å². The SMILES string of the molecule is CCCCCCCCCCCCc1cccc2cc(S(=O)(=O)O)ccc12. The first kappa shape index (κ1) is 20.9. The highest BCUT2D eigenvalue weighted by molar-refractivity contribution is 7.85. The second-order valence-corrected chi connectivity index (χ2v) is 8.63. The highest BCUT2D eigenvalue weighted by Gasteiger charge is 2.10. The van der Waals surface area contributed by atoms with E-state index in [-0.39, 0.29) is 4.90 Å². The van der Waals surface area contributed by atoms with Gasteiger partial charge in [0.05, 0.1) is 4.90 Å². The Kier molecular flexibility index (Phi) is 8.60. The van der Waals surface area contributed by atoms with Crippen LogP contribution in [0, 0.1) is 0 Å². The molecular weight excluding hydrogens is 344 g/mol. The van der Waals surface area contributed by atoms with Crippen molar-refractivity contribution >= 4 is 20.9 Å². The topological polar surface area (TPSA) is 54.4 Å². The fourth-order valence-electron chi connectivity index (χ4n) is 3.51. The molecule has 3 nitrogen and oxygen atoms in total. The van der Waals surface area contributed by atoms with Crippen molar-refractivity contribution in [1.82, 2.24) is 0 Å². The van der Waals surface area contributed by atoms with Crippen LogP contribution in [0.5, 0.6) is 0 Å². The van der Waals surface area contributed by atoms with E-state index in [1.165, 1.54) is 69.4 Å². The lowest BCUT2D eigenvalue weighted by Gasteiger charge is -2.08. The third-order valence-corrected chi connectivity index (χ3v) is 5.89. The quantitative estimate of drug-likeness (QED) is 0.337. The van der Waals surface area contributed by atoms with Gasteiger partial charge in [0.15, 0.2) is 0 Å². The molecule has 0 fully saturated rings. The molecule has 0 saturated carbocycles. The second kappa shape index (κ2) is 10.7. The zero-order valence-corrected chi connectivity index (χ0v) is 16.7. The Morgan fingerprint density at radius 2 is 1.42 bits per heavy atom. The van der Waals surface area contributed by atoms with Gasteiger partial charge in [-0.1, -0.05) is 89.0 Å². The molecule has 0 aliphatic rings. The summed E-state index contributed by atoms with van der Waals surface area (Å²) in [4.78, 5) is -0.0407. The van der Waals surface area contributed by atoms with Crippen LogP contribution >= 0.6 is 0 Å². The van der Waals surface area contributed by atoms with Crippen molar-refractivity contribution < 1.29 is 13.0 Å². The van der Waals surface area contributed by atoms with Gasteiger partial charge in [-0.25, -0.2) is 0 Å². The zero-order chi connectivity index (χ0) is 18.8. The third-order valence-electron chi connectivity index (χ3n) is 5.04. The Hall–Kier alpha value is -1.39. The number of aryl methyl sites for hydroxylation is 1. The average Bonchev–Trinajstić information content (AvgIpc) is 2.62. The molecule has 0 amide bonds. The van der Waals surface area contributed by atoms with Crippen molar-refractivity contribution in [2.24, 2.45) is 0 Å². The van der Waals surface area contributed by atoms with Crippen molar-refractivity contribution in [3.63, 3.8) is 0 Å². The lowest BCUT2D eigenvalue weighted by atomic mass is 9.99. The van der Waals surface area contributed by atoms with E-state index in [1.807, 2.05) is 18.2 Å². The minimum absolute atomic E-state index is 0.0407. The second-order valence-electron chi connectivity index (χ2n) is 7.21. The third kappa shape index (κ3) is 6.73. The minimum Gasteiger partial charge on any atom is -0.282 e.